The molecule has 0 aliphatic carbocycles. The molecule has 0 aromatic carbocycles. The molecule has 7 heavy (non-hydrogen) atoms. The molecule has 0 aliphatic heterocycles. The van der Waals surface area contributed by atoms with Crippen LogP contribution < -0.4 is 5.73 Å². The first-order chi connectivity index (χ1) is 3.31. The van der Waals surface area contributed by atoms with Crippen molar-refractivity contribution >= 4 is 17.6 Å². The molecule has 0 radical (unpaired) electrons. The lowest BCUT2D eigenvalue weighted by Gasteiger charge is -1.97. The molecule has 1 nitrogen and oxygen atoms in total. The van der Waals surface area contributed by atoms with Crippen molar-refractivity contribution in [3.05, 3.63) is 0 Å². The Morgan fingerprint density at radius 2 is 2.43 bits per heavy atom. The normalized spacial score (nSPS) is 13.4. The number of hydrogen-bond donors (Lipinski definition) is 1. The summed E-state index contributed by atoms with van der Waals surface area (Å²) in [4.78, 5) is 0. The van der Waals surface area contributed by atoms with Crippen molar-refractivity contribution in [2.75, 3.05) is 0 Å². The molecule has 0 amide bonds. The first-order valence-corrected chi connectivity index (χ1v) is 2.99. The molecular formula is C5H11NS. The second kappa shape index (κ2) is 4.22. The van der Waals surface area contributed by atoms with Crippen LogP contribution in [0, 0.1) is 0 Å². The standard InChI is InChI=1S/C5H11NS/c1-2-3-5(6)4-7/h4-5H,2-3,6H2,1H3/t5-/m0/s1. The highest BCUT2D eigenvalue weighted by Crippen LogP contribution is 1.88. The van der Waals surface area contributed by atoms with E-state index in [2.05, 4.69) is 19.1 Å². The summed E-state index contributed by atoms with van der Waals surface area (Å²) >= 11 is 4.59. The topological polar surface area (TPSA) is 26.0 Å². The predicted octanol–water partition coefficient (Wildman–Crippen LogP) is 1.11. The Balaban J connectivity index is 2.98. The lowest BCUT2D eigenvalue weighted by molar-refractivity contribution is 0.745. The molecule has 0 fully saturated rings. The highest BCUT2D eigenvalue weighted by Gasteiger charge is 1.90. The smallest absolute Gasteiger partial charge is 0.0328 e. The van der Waals surface area contributed by atoms with Gasteiger partial charge in [0.25, 0.3) is 0 Å². The molecule has 0 aliphatic rings. The van der Waals surface area contributed by atoms with Gasteiger partial charge < -0.3 is 5.73 Å². The van der Waals surface area contributed by atoms with E-state index in [9.17, 15) is 0 Å². The van der Waals surface area contributed by atoms with Crippen LogP contribution in [0.25, 0.3) is 0 Å². The summed E-state index contributed by atoms with van der Waals surface area (Å²) < 4.78 is 0. The molecule has 0 rings (SSSR count). The maximum atomic E-state index is 5.42. The van der Waals surface area contributed by atoms with Crippen molar-refractivity contribution < 1.29 is 0 Å². The van der Waals surface area contributed by atoms with Gasteiger partial charge in [0.05, 0.1) is 0 Å². The highest BCUT2D eigenvalue weighted by molar-refractivity contribution is 7.79. The molecule has 0 saturated carbocycles. The minimum Gasteiger partial charge on any atom is -0.324 e. The van der Waals surface area contributed by atoms with Gasteiger partial charge >= 0.3 is 0 Å². The lowest BCUT2D eigenvalue weighted by Crippen LogP contribution is -2.19. The summed E-state index contributed by atoms with van der Waals surface area (Å²) in [6.45, 7) is 2.10. The predicted molar refractivity (Wildman–Crippen MR) is 36.5 cm³/mol. The summed E-state index contributed by atoms with van der Waals surface area (Å²) in [6, 6.07) is 0.139. The van der Waals surface area contributed by atoms with E-state index >= 15 is 0 Å². The SMILES string of the molecule is CCC[C@H](N)C=S. The number of rotatable bonds is 3. The van der Waals surface area contributed by atoms with Crippen molar-refractivity contribution in [3.63, 3.8) is 0 Å². The number of hydrogen-bond acceptors (Lipinski definition) is 2. The minimum absolute atomic E-state index is 0.139. The van der Waals surface area contributed by atoms with Gasteiger partial charge in [0.15, 0.2) is 0 Å². The van der Waals surface area contributed by atoms with E-state index < -0.39 is 0 Å². The molecule has 0 unspecified atom stereocenters. The zero-order chi connectivity index (χ0) is 5.70. The summed E-state index contributed by atoms with van der Waals surface area (Å²) in [7, 11) is 0. The van der Waals surface area contributed by atoms with Crippen LogP contribution in [0.1, 0.15) is 19.8 Å². The van der Waals surface area contributed by atoms with Gasteiger partial charge in [-0.25, -0.2) is 0 Å². The van der Waals surface area contributed by atoms with Gasteiger partial charge in [-0.05, 0) is 11.8 Å². The summed E-state index contributed by atoms with van der Waals surface area (Å²) in [5.74, 6) is 0. The molecule has 1 atom stereocenters. The van der Waals surface area contributed by atoms with Crippen LogP contribution in [0.2, 0.25) is 0 Å². The summed E-state index contributed by atoms with van der Waals surface area (Å²) in [6.07, 6.45) is 2.14. The largest absolute Gasteiger partial charge is 0.324 e. The van der Waals surface area contributed by atoms with Crippen LogP contribution in [-0.4, -0.2) is 11.4 Å². The van der Waals surface area contributed by atoms with Crippen molar-refractivity contribution in [3.8, 4) is 0 Å². The minimum atomic E-state index is 0.139. The van der Waals surface area contributed by atoms with E-state index in [-0.39, 0.29) is 6.04 Å². The maximum absolute atomic E-state index is 5.42. The zero-order valence-electron chi connectivity index (χ0n) is 4.55. The van der Waals surface area contributed by atoms with Crippen molar-refractivity contribution in [2.45, 2.75) is 25.8 Å². The van der Waals surface area contributed by atoms with Crippen LogP contribution in [0.5, 0.6) is 0 Å². The lowest BCUT2D eigenvalue weighted by atomic mass is 10.2. The van der Waals surface area contributed by atoms with Gasteiger partial charge in [-0.1, -0.05) is 25.6 Å². The zero-order valence-corrected chi connectivity index (χ0v) is 5.37. The Morgan fingerprint density at radius 3 is 2.57 bits per heavy atom. The molecule has 0 saturated heterocycles. The Morgan fingerprint density at radius 1 is 1.86 bits per heavy atom. The Kier molecular flexibility index (Phi) is 4.25. The maximum Gasteiger partial charge on any atom is 0.0328 e. The first kappa shape index (κ1) is 7.05. The van der Waals surface area contributed by atoms with Crippen molar-refractivity contribution in [1.29, 1.82) is 0 Å². The fourth-order valence-corrected chi connectivity index (χ4v) is 0.537. The second-order valence-electron chi connectivity index (χ2n) is 1.59. The van der Waals surface area contributed by atoms with Crippen LogP contribution in [0.4, 0.5) is 0 Å². The molecule has 42 valence electrons. The molecule has 0 heterocycles. The van der Waals surface area contributed by atoms with Gasteiger partial charge in [-0.15, -0.1) is 0 Å². The van der Waals surface area contributed by atoms with Gasteiger partial charge in [0, 0.05) is 6.04 Å². The number of thiocarbonyl (C=S) groups is 1. The van der Waals surface area contributed by atoms with E-state index in [1.54, 1.807) is 5.37 Å². The second-order valence-corrected chi connectivity index (χ2v) is 1.86. The molecule has 2 N–H and O–H groups in total. The molecule has 2 heteroatoms. The van der Waals surface area contributed by atoms with Gasteiger partial charge in [0.2, 0.25) is 0 Å². The molecule has 0 bridgehead atoms. The van der Waals surface area contributed by atoms with Crippen molar-refractivity contribution in [1.82, 2.24) is 0 Å². The average Bonchev–Trinajstić information content (AvgIpc) is 1.68. The molecule has 0 spiro atoms. The van der Waals surface area contributed by atoms with E-state index in [1.807, 2.05) is 0 Å². The molecule has 0 aromatic heterocycles. The average molecular weight is 117 g/mol. The third-order valence-corrected chi connectivity index (χ3v) is 1.15. The van der Waals surface area contributed by atoms with Gasteiger partial charge in [-0.3, -0.25) is 0 Å². The van der Waals surface area contributed by atoms with Crippen LogP contribution in [0.15, 0.2) is 0 Å². The Hall–Kier alpha value is 0.0500. The highest BCUT2D eigenvalue weighted by atomic mass is 32.1. The van der Waals surface area contributed by atoms with Crippen LogP contribution in [-0.2, 0) is 0 Å². The Labute approximate surface area is 49.9 Å². The Bertz CT molecular complexity index is 54.0. The van der Waals surface area contributed by atoms with Crippen LogP contribution >= 0.6 is 12.2 Å². The molecular weight excluding hydrogens is 106 g/mol. The monoisotopic (exact) mass is 117 g/mol. The van der Waals surface area contributed by atoms with Crippen LogP contribution in [0.3, 0.4) is 0 Å². The fraction of sp³-hybridized carbons (Fsp3) is 0.800. The third kappa shape index (κ3) is 3.89. The first-order valence-electron chi connectivity index (χ1n) is 2.52. The fourth-order valence-electron chi connectivity index (χ4n) is 0.401. The van der Waals surface area contributed by atoms with E-state index in [4.69, 9.17) is 5.73 Å². The third-order valence-electron chi connectivity index (χ3n) is 0.797. The van der Waals surface area contributed by atoms with Gasteiger partial charge in [-0.2, -0.15) is 0 Å². The summed E-state index contributed by atoms with van der Waals surface area (Å²) in [5, 5.41) is 1.61. The van der Waals surface area contributed by atoms with Crippen molar-refractivity contribution in [2.24, 2.45) is 5.73 Å². The number of nitrogens with two attached hydrogens (primary N) is 1. The molecule has 0 aromatic rings. The van der Waals surface area contributed by atoms with Gasteiger partial charge in [0.1, 0.15) is 0 Å². The quantitative estimate of drug-likeness (QED) is 0.560. The summed E-state index contributed by atoms with van der Waals surface area (Å²) in [5.41, 5.74) is 5.42. The van der Waals surface area contributed by atoms with E-state index in [1.165, 1.54) is 0 Å². The van der Waals surface area contributed by atoms with E-state index in [0.717, 1.165) is 12.8 Å². The van der Waals surface area contributed by atoms with E-state index in [0.29, 0.717) is 0 Å².